The first-order valence-electron chi connectivity index (χ1n) is 6.64. The van der Waals surface area contributed by atoms with Crippen LogP contribution < -0.4 is 10.1 Å². The van der Waals surface area contributed by atoms with Gasteiger partial charge < -0.3 is 10.1 Å². The third-order valence-corrected chi connectivity index (χ3v) is 2.91. The molecule has 0 aliphatic carbocycles. The fraction of sp³-hybridized carbons (Fsp3) is 0.0588. The molecule has 0 fully saturated rings. The summed E-state index contributed by atoms with van der Waals surface area (Å²) in [5.74, 6) is -0.295. The van der Waals surface area contributed by atoms with Crippen molar-refractivity contribution in [3.05, 3.63) is 60.3 Å². The van der Waals surface area contributed by atoms with Gasteiger partial charge in [0.05, 0.1) is 0 Å². The number of hydrogen-bond donors (Lipinski definition) is 1. The molecule has 2 aromatic carbocycles. The van der Waals surface area contributed by atoms with E-state index in [0.29, 0.717) is 11.3 Å². The van der Waals surface area contributed by atoms with Gasteiger partial charge in [-0.15, -0.1) is 13.2 Å². The number of allylic oxidation sites excluding steroid dienone is 1. The van der Waals surface area contributed by atoms with Crippen LogP contribution in [0.15, 0.2) is 60.3 Å². The average Bonchev–Trinajstić information content (AvgIpc) is 2.55. The summed E-state index contributed by atoms with van der Waals surface area (Å²) in [6.45, 7) is 0. The van der Waals surface area contributed by atoms with Crippen LogP contribution in [0, 0.1) is 22.7 Å². The van der Waals surface area contributed by atoms with Crippen LogP contribution in [0.3, 0.4) is 0 Å². The maximum atomic E-state index is 12.1. The van der Waals surface area contributed by atoms with Crippen molar-refractivity contribution in [2.24, 2.45) is 0 Å². The van der Waals surface area contributed by atoms with E-state index in [1.807, 2.05) is 0 Å². The number of ether oxygens (including phenoxy) is 1. The van der Waals surface area contributed by atoms with E-state index >= 15 is 0 Å². The zero-order valence-corrected chi connectivity index (χ0v) is 12.1. The highest BCUT2D eigenvalue weighted by molar-refractivity contribution is 5.69. The molecule has 0 bridgehead atoms. The van der Waals surface area contributed by atoms with Crippen molar-refractivity contribution >= 4 is 5.69 Å². The van der Waals surface area contributed by atoms with Crippen LogP contribution in [0.4, 0.5) is 18.9 Å². The highest BCUT2D eigenvalue weighted by Gasteiger charge is 2.30. The minimum absolute atomic E-state index is 0.0749. The molecule has 0 saturated heterocycles. The van der Waals surface area contributed by atoms with Gasteiger partial charge in [-0.2, -0.15) is 10.5 Å². The lowest BCUT2D eigenvalue weighted by molar-refractivity contribution is -0.274. The minimum atomic E-state index is -4.73. The minimum Gasteiger partial charge on any atom is -0.406 e. The van der Waals surface area contributed by atoms with Crippen molar-refractivity contribution < 1.29 is 17.9 Å². The summed E-state index contributed by atoms with van der Waals surface area (Å²) >= 11 is 0. The smallest absolute Gasteiger partial charge is 0.406 e. The topological polar surface area (TPSA) is 68.8 Å². The van der Waals surface area contributed by atoms with Crippen LogP contribution in [0.2, 0.25) is 0 Å². The van der Waals surface area contributed by atoms with E-state index in [9.17, 15) is 13.2 Å². The molecule has 0 radical (unpaired) electrons. The number of nitrogens with one attached hydrogen (secondary N) is 1. The first-order valence-corrected chi connectivity index (χ1v) is 6.64. The molecule has 0 spiro atoms. The zero-order chi connectivity index (χ0) is 17.6. The second-order valence-corrected chi connectivity index (χ2v) is 4.58. The Morgan fingerprint density at radius 3 is 2.25 bits per heavy atom. The van der Waals surface area contributed by atoms with Gasteiger partial charge in [-0.25, -0.2) is 0 Å². The monoisotopic (exact) mass is 329 g/mol. The molecule has 0 aromatic heterocycles. The summed E-state index contributed by atoms with van der Waals surface area (Å²) in [5.41, 5.74) is 2.00. The SMILES string of the molecule is N#CC(C#N)=CNc1cccc(-c2ccc(OC(F)(F)F)cc2)c1. The molecule has 0 aliphatic heterocycles. The van der Waals surface area contributed by atoms with Crippen LogP contribution in [0.5, 0.6) is 5.75 Å². The largest absolute Gasteiger partial charge is 0.573 e. The van der Waals surface area contributed by atoms with Crippen molar-refractivity contribution in [1.29, 1.82) is 10.5 Å². The summed E-state index contributed by atoms with van der Waals surface area (Å²) in [7, 11) is 0. The fourth-order valence-electron chi connectivity index (χ4n) is 1.88. The van der Waals surface area contributed by atoms with E-state index in [1.54, 1.807) is 36.4 Å². The predicted octanol–water partition coefficient (Wildman–Crippen LogP) is 4.60. The van der Waals surface area contributed by atoms with E-state index in [-0.39, 0.29) is 11.3 Å². The van der Waals surface area contributed by atoms with Crippen molar-refractivity contribution in [3.8, 4) is 29.0 Å². The van der Waals surface area contributed by atoms with Crippen molar-refractivity contribution in [3.63, 3.8) is 0 Å². The highest BCUT2D eigenvalue weighted by Crippen LogP contribution is 2.27. The van der Waals surface area contributed by atoms with Crippen LogP contribution in [-0.2, 0) is 0 Å². The van der Waals surface area contributed by atoms with Gasteiger partial charge in [-0.1, -0.05) is 24.3 Å². The van der Waals surface area contributed by atoms with Gasteiger partial charge >= 0.3 is 6.36 Å². The van der Waals surface area contributed by atoms with Gasteiger partial charge in [-0.05, 0) is 35.4 Å². The van der Waals surface area contributed by atoms with Crippen molar-refractivity contribution in [1.82, 2.24) is 0 Å². The van der Waals surface area contributed by atoms with Crippen LogP contribution >= 0.6 is 0 Å². The summed E-state index contributed by atoms with van der Waals surface area (Å²) in [4.78, 5) is 0. The first kappa shape index (κ1) is 16.9. The maximum Gasteiger partial charge on any atom is 0.573 e. The quantitative estimate of drug-likeness (QED) is 0.833. The van der Waals surface area contributed by atoms with Gasteiger partial charge in [0.25, 0.3) is 0 Å². The summed E-state index contributed by atoms with van der Waals surface area (Å²) in [5, 5.41) is 20.2. The summed E-state index contributed by atoms with van der Waals surface area (Å²) in [6, 6.07) is 15.9. The molecule has 0 atom stereocenters. The molecular formula is C17H10F3N3O. The Labute approximate surface area is 136 Å². The Bertz CT molecular complexity index is 812. The average molecular weight is 329 g/mol. The van der Waals surface area contributed by atoms with E-state index in [4.69, 9.17) is 10.5 Å². The van der Waals surface area contributed by atoms with E-state index in [1.165, 1.54) is 30.5 Å². The normalized spacial score (nSPS) is 10.2. The second-order valence-electron chi connectivity index (χ2n) is 4.58. The Hall–Kier alpha value is -3.45. The standard InChI is InChI=1S/C17H10F3N3O/c18-17(19,20)24-16-6-4-13(5-7-16)14-2-1-3-15(8-14)23-11-12(9-21)10-22/h1-8,11,23H. The third-order valence-electron chi connectivity index (χ3n) is 2.91. The van der Waals surface area contributed by atoms with Crippen LogP contribution in [-0.4, -0.2) is 6.36 Å². The predicted molar refractivity (Wildman–Crippen MR) is 81.5 cm³/mol. The Morgan fingerprint density at radius 2 is 1.67 bits per heavy atom. The molecule has 24 heavy (non-hydrogen) atoms. The molecule has 0 unspecified atom stereocenters. The van der Waals surface area contributed by atoms with Gasteiger partial charge in [0.2, 0.25) is 0 Å². The molecule has 0 amide bonds. The fourth-order valence-corrected chi connectivity index (χ4v) is 1.88. The van der Waals surface area contributed by atoms with Gasteiger partial charge in [0.1, 0.15) is 23.5 Å². The number of halogens is 3. The Balaban J connectivity index is 2.18. The summed E-state index contributed by atoms with van der Waals surface area (Å²) < 4.78 is 40.3. The molecular weight excluding hydrogens is 319 g/mol. The molecule has 0 heterocycles. The van der Waals surface area contributed by atoms with Crippen LogP contribution in [0.25, 0.3) is 11.1 Å². The van der Waals surface area contributed by atoms with E-state index in [0.717, 1.165) is 5.56 Å². The lowest BCUT2D eigenvalue weighted by atomic mass is 10.1. The van der Waals surface area contributed by atoms with Crippen molar-refractivity contribution in [2.75, 3.05) is 5.32 Å². The number of benzene rings is 2. The maximum absolute atomic E-state index is 12.1. The Kier molecular flexibility index (Phi) is 5.08. The lowest BCUT2D eigenvalue weighted by Gasteiger charge is -2.10. The molecule has 7 heteroatoms. The van der Waals surface area contributed by atoms with E-state index < -0.39 is 6.36 Å². The molecule has 0 saturated carbocycles. The highest BCUT2D eigenvalue weighted by atomic mass is 19.4. The first-order chi connectivity index (χ1) is 11.4. The number of anilines is 1. The molecule has 2 rings (SSSR count). The zero-order valence-electron chi connectivity index (χ0n) is 12.1. The molecule has 120 valence electrons. The summed E-state index contributed by atoms with van der Waals surface area (Å²) in [6.07, 6.45) is -3.45. The van der Waals surface area contributed by atoms with Crippen LogP contribution in [0.1, 0.15) is 0 Å². The molecule has 0 aliphatic rings. The van der Waals surface area contributed by atoms with Gasteiger partial charge in [0, 0.05) is 11.9 Å². The van der Waals surface area contributed by atoms with Crippen molar-refractivity contribution in [2.45, 2.75) is 6.36 Å². The Morgan fingerprint density at radius 1 is 1.00 bits per heavy atom. The molecule has 4 nitrogen and oxygen atoms in total. The molecule has 1 N–H and O–H groups in total. The second kappa shape index (κ2) is 7.21. The number of nitrogens with zero attached hydrogens (tertiary/aromatic N) is 2. The third kappa shape index (κ3) is 4.79. The number of alkyl halides is 3. The number of nitriles is 2. The lowest BCUT2D eigenvalue weighted by Crippen LogP contribution is -2.16. The molecule has 2 aromatic rings. The number of rotatable bonds is 4. The van der Waals surface area contributed by atoms with Gasteiger partial charge in [0.15, 0.2) is 0 Å². The van der Waals surface area contributed by atoms with E-state index in [2.05, 4.69) is 10.1 Å². The number of hydrogen-bond acceptors (Lipinski definition) is 4. The van der Waals surface area contributed by atoms with Gasteiger partial charge in [-0.3, -0.25) is 0 Å².